The fourth-order valence-corrected chi connectivity index (χ4v) is 1.28. The molecule has 0 saturated carbocycles. The lowest BCUT2D eigenvalue weighted by Gasteiger charge is -2.01. The molecule has 6 nitrogen and oxygen atoms in total. The number of nitro benzene ring substituents is 1. The number of benzene rings is 1. The molecule has 0 amide bonds. The van der Waals surface area contributed by atoms with E-state index in [2.05, 4.69) is 0 Å². The maximum absolute atomic E-state index is 10.7. The third-order valence-corrected chi connectivity index (χ3v) is 1.94. The summed E-state index contributed by atoms with van der Waals surface area (Å²) < 4.78 is 0. The average molecular weight is 215 g/mol. The predicted molar refractivity (Wildman–Crippen MR) is 52.5 cm³/mol. The van der Waals surface area contributed by atoms with E-state index in [4.69, 9.17) is 10.5 Å². The van der Waals surface area contributed by atoms with Gasteiger partial charge in [0.1, 0.15) is 17.9 Å². The Morgan fingerprint density at radius 3 is 2.56 bits per heavy atom. The van der Waals surface area contributed by atoms with E-state index in [0.29, 0.717) is 6.29 Å². The van der Waals surface area contributed by atoms with E-state index in [9.17, 15) is 14.9 Å². The number of rotatable bonds is 3. The molecule has 1 aromatic rings. The van der Waals surface area contributed by atoms with Crippen molar-refractivity contribution in [1.29, 1.82) is 10.5 Å². The van der Waals surface area contributed by atoms with Crippen LogP contribution >= 0.6 is 0 Å². The smallest absolute Gasteiger partial charge is 0.288 e. The molecule has 0 aliphatic heterocycles. The molecular formula is C10H5N3O3. The minimum atomic E-state index is -0.744. The van der Waals surface area contributed by atoms with Gasteiger partial charge in [-0.3, -0.25) is 14.9 Å². The number of hydrogen-bond acceptors (Lipinski definition) is 5. The first-order chi connectivity index (χ1) is 7.63. The molecule has 6 heteroatoms. The second kappa shape index (κ2) is 4.67. The summed E-state index contributed by atoms with van der Waals surface area (Å²) >= 11 is 0. The molecule has 78 valence electrons. The number of aldehydes is 1. The van der Waals surface area contributed by atoms with Crippen molar-refractivity contribution in [3.05, 3.63) is 38.9 Å². The highest BCUT2D eigenvalue weighted by Crippen LogP contribution is 2.23. The van der Waals surface area contributed by atoms with Crippen LogP contribution in [0.1, 0.15) is 21.5 Å². The first-order valence-electron chi connectivity index (χ1n) is 4.17. The van der Waals surface area contributed by atoms with Gasteiger partial charge in [0.15, 0.2) is 0 Å². The SMILES string of the molecule is N#CCc1cc(C=O)cc([N+](=O)[O-])c1C#N. The zero-order chi connectivity index (χ0) is 12.1. The fraction of sp³-hybridized carbons (Fsp3) is 0.100. The lowest BCUT2D eigenvalue weighted by Crippen LogP contribution is -1.99. The van der Waals surface area contributed by atoms with Crippen LogP contribution in [0.15, 0.2) is 12.1 Å². The van der Waals surface area contributed by atoms with Crippen LogP contribution in [0.2, 0.25) is 0 Å². The molecule has 0 fully saturated rings. The van der Waals surface area contributed by atoms with E-state index in [1.807, 2.05) is 0 Å². The van der Waals surface area contributed by atoms with Crippen molar-refractivity contribution in [2.75, 3.05) is 0 Å². The Kier molecular flexibility index (Phi) is 3.31. The maximum Gasteiger partial charge on any atom is 0.288 e. The van der Waals surface area contributed by atoms with Crippen molar-refractivity contribution in [2.45, 2.75) is 6.42 Å². The average Bonchev–Trinajstić information content (AvgIpc) is 2.28. The molecule has 0 atom stereocenters. The van der Waals surface area contributed by atoms with E-state index >= 15 is 0 Å². The molecule has 0 aliphatic rings. The van der Waals surface area contributed by atoms with Gasteiger partial charge >= 0.3 is 0 Å². The third kappa shape index (κ3) is 2.02. The summed E-state index contributed by atoms with van der Waals surface area (Å²) in [5, 5.41) is 28.0. The van der Waals surface area contributed by atoms with Gasteiger partial charge in [0.25, 0.3) is 5.69 Å². The Hall–Kier alpha value is -2.73. The zero-order valence-corrected chi connectivity index (χ0v) is 8.01. The Morgan fingerprint density at radius 2 is 2.12 bits per heavy atom. The van der Waals surface area contributed by atoms with Crippen molar-refractivity contribution < 1.29 is 9.72 Å². The first kappa shape index (κ1) is 11.3. The zero-order valence-electron chi connectivity index (χ0n) is 8.01. The Balaban J connectivity index is 3.55. The molecule has 0 aromatic heterocycles. The summed E-state index contributed by atoms with van der Waals surface area (Å²) in [6.07, 6.45) is 0.292. The molecule has 0 aliphatic carbocycles. The summed E-state index contributed by atoms with van der Waals surface area (Å²) in [4.78, 5) is 20.5. The molecule has 16 heavy (non-hydrogen) atoms. The number of nitriles is 2. The minimum Gasteiger partial charge on any atom is -0.298 e. The molecule has 0 radical (unpaired) electrons. The molecule has 0 bridgehead atoms. The lowest BCUT2D eigenvalue weighted by molar-refractivity contribution is -0.385. The van der Waals surface area contributed by atoms with Crippen molar-refractivity contribution in [3.63, 3.8) is 0 Å². The van der Waals surface area contributed by atoms with Crippen LogP contribution in [0, 0.1) is 32.8 Å². The van der Waals surface area contributed by atoms with E-state index in [-0.39, 0.29) is 23.1 Å². The summed E-state index contributed by atoms with van der Waals surface area (Å²) in [7, 11) is 0. The van der Waals surface area contributed by atoms with Crippen LogP contribution in [-0.4, -0.2) is 11.2 Å². The standard InChI is InChI=1S/C10H5N3O3/c11-2-1-8-3-7(6-14)4-10(13(15)16)9(8)5-12/h3-4,6H,1H2. The molecule has 0 saturated heterocycles. The minimum absolute atomic E-state index is 0.0796. The van der Waals surface area contributed by atoms with E-state index in [0.717, 1.165) is 6.07 Å². The highest BCUT2D eigenvalue weighted by Gasteiger charge is 2.19. The maximum atomic E-state index is 10.7. The van der Waals surface area contributed by atoms with Crippen LogP contribution in [-0.2, 0) is 6.42 Å². The highest BCUT2D eigenvalue weighted by molar-refractivity contribution is 5.78. The second-order valence-electron chi connectivity index (χ2n) is 2.90. The summed E-state index contributed by atoms with van der Waals surface area (Å²) in [5.74, 6) is 0. The quantitative estimate of drug-likeness (QED) is 0.429. The first-order valence-corrected chi connectivity index (χ1v) is 4.17. The van der Waals surface area contributed by atoms with Crippen LogP contribution in [0.4, 0.5) is 5.69 Å². The number of hydrogen-bond donors (Lipinski definition) is 0. The Labute approximate surface area is 90.5 Å². The van der Waals surface area contributed by atoms with Gasteiger partial charge < -0.3 is 0 Å². The lowest BCUT2D eigenvalue weighted by atomic mass is 10.0. The summed E-state index contributed by atoms with van der Waals surface area (Å²) in [5.41, 5.74) is -0.341. The van der Waals surface area contributed by atoms with Crippen molar-refractivity contribution in [1.82, 2.24) is 0 Å². The van der Waals surface area contributed by atoms with Gasteiger partial charge in [0.2, 0.25) is 0 Å². The Morgan fingerprint density at radius 1 is 1.44 bits per heavy atom. The predicted octanol–water partition coefficient (Wildman–Crippen LogP) is 1.35. The number of nitrogens with zero attached hydrogens (tertiary/aromatic N) is 3. The molecule has 0 spiro atoms. The van der Waals surface area contributed by atoms with Gasteiger partial charge in [-0.2, -0.15) is 10.5 Å². The van der Waals surface area contributed by atoms with E-state index in [1.165, 1.54) is 6.07 Å². The van der Waals surface area contributed by atoms with Gasteiger partial charge in [0.05, 0.1) is 17.4 Å². The molecule has 1 rings (SSSR count). The van der Waals surface area contributed by atoms with Crippen molar-refractivity contribution in [3.8, 4) is 12.1 Å². The van der Waals surface area contributed by atoms with Crippen molar-refractivity contribution in [2.24, 2.45) is 0 Å². The molecule has 0 heterocycles. The van der Waals surface area contributed by atoms with Gasteiger partial charge in [-0.05, 0) is 11.6 Å². The normalized spacial score (nSPS) is 8.88. The molecule has 0 N–H and O–H groups in total. The fourth-order valence-electron chi connectivity index (χ4n) is 1.28. The molecular weight excluding hydrogens is 210 g/mol. The van der Waals surface area contributed by atoms with Gasteiger partial charge in [0, 0.05) is 11.6 Å². The summed E-state index contributed by atoms with van der Waals surface area (Å²) in [6.45, 7) is 0. The van der Waals surface area contributed by atoms with E-state index < -0.39 is 10.6 Å². The highest BCUT2D eigenvalue weighted by atomic mass is 16.6. The van der Waals surface area contributed by atoms with Crippen LogP contribution < -0.4 is 0 Å². The van der Waals surface area contributed by atoms with E-state index in [1.54, 1.807) is 12.1 Å². The monoisotopic (exact) mass is 215 g/mol. The topological polar surface area (TPSA) is 108 Å². The molecule has 0 unspecified atom stereocenters. The van der Waals surface area contributed by atoms with Gasteiger partial charge in [-0.1, -0.05) is 0 Å². The van der Waals surface area contributed by atoms with Crippen LogP contribution in [0.5, 0.6) is 0 Å². The van der Waals surface area contributed by atoms with Crippen molar-refractivity contribution >= 4 is 12.0 Å². The summed E-state index contributed by atoms with van der Waals surface area (Å²) in [6, 6.07) is 5.79. The largest absolute Gasteiger partial charge is 0.298 e. The van der Waals surface area contributed by atoms with Gasteiger partial charge in [-0.25, -0.2) is 0 Å². The van der Waals surface area contributed by atoms with Gasteiger partial charge in [-0.15, -0.1) is 0 Å². The second-order valence-corrected chi connectivity index (χ2v) is 2.90. The number of carbonyl (C=O) groups excluding carboxylic acids is 1. The molecule has 1 aromatic carbocycles. The van der Waals surface area contributed by atoms with Crippen LogP contribution in [0.3, 0.4) is 0 Å². The Bertz CT molecular complexity index is 537. The third-order valence-electron chi connectivity index (χ3n) is 1.94. The number of carbonyl (C=O) groups is 1. The number of nitro groups is 1. The van der Waals surface area contributed by atoms with Crippen LogP contribution in [0.25, 0.3) is 0 Å².